The van der Waals surface area contributed by atoms with Gasteiger partial charge in [-0.25, -0.2) is 0 Å². The van der Waals surface area contributed by atoms with Gasteiger partial charge in [0.05, 0.1) is 0 Å². The lowest BCUT2D eigenvalue weighted by atomic mass is 9.56. The molecular weight excluding hydrogens is 300 g/mol. The van der Waals surface area contributed by atoms with E-state index in [4.69, 9.17) is 0 Å². The molecule has 0 heterocycles. The van der Waals surface area contributed by atoms with E-state index >= 15 is 0 Å². The van der Waals surface area contributed by atoms with Crippen LogP contribution in [0.4, 0.5) is 0 Å². The van der Waals surface area contributed by atoms with Crippen LogP contribution in [-0.2, 0) is 0 Å². The zero-order valence-electron chi connectivity index (χ0n) is 19.5. The third-order valence-corrected chi connectivity index (χ3v) is 11.1. The quantitative estimate of drug-likeness (QED) is 0.438. The maximum atomic E-state index is 2.60. The molecule has 2 aliphatic carbocycles. The van der Waals surface area contributed by atoms with E-state index in [2.05, 4.69) is 83.1 Å². The normalized spacial score (nSPS) is 45.6. The van der Waals surface area contributed by atoms with Crippen LogP contribution in [0.5, 0.6) is 0 Å². The second kappa shape index (κ2) is 6.56. The summed E-state index contributed by atoms with van der Waals surface area (Å²) in [7, 11) is 0. The molecule has 0 aromatic carbocycles. The minimum atomic E-state index is 0.414. The van der Waals surface area contributed by atoms with Gasteiger partial charge in [-0.3, -0.25) is 0 Å². The summed E-state index contributed by atoms with van der Waals surface area (Å²) in [6.45, 7) is 30.5. The predicted molar refractivity (Wildman–Crippen MR) is 113 cm³/mol. The summed E-state index contributed by atoms with van der Waals surface area (Å²) >= 11 is 0. The minimum Gasteiger partial charge on any atom is -0.0654 e. The number of fused-ring (bicyclic) bond motifs is 1. The molecule has 8 atom stereocenters. The van der Waals surface area contributed by atoms with Crippen molar-refractivity contribution in [2.24, 2.45) is 63.6 Å². The Hall–Kier alpha value is 0. The first-order valence-electron chi connectivity index (χ1n) is 11.3. The van der Waals surface area contributed by atoms with Crippen molar-refractivity contribution in [1.29, 1.82) is 0 Å². The summed E-state index contributed by atoms with van der Waals surface area (Å²) in [5.41, 5.74) is 1.55. The lowest BCUT2D eigenvalue weighted by Crippen LogP contribution is -2.43. The average Bonchev–Trinajstić information content (AvgIpc) is 2.93. The van der Waals surface area contributed by atoms with Gasteiger partial charge in [-0.05, 0) is 63.6 Å². The first-order valence-corrected chi connectivity index (χ1v) is 11.3. The van der Waals surface area contributed by atoms with Crippen LogP contribution in [0.15, 0.2) is 0 Å². The lowest BCUT2D eigenvalue weighted by Gasteiger charge is -2.49. The van der Waals surface area contributed by atoms with E-state index in [1.54, 1.807) is 0 Å². The Morgan fingerprint density at radius 2 is 1.28 bits per heavy atom. The van der Waals surface area contributed by atoms with Crippen molar-refractivity contribution in [2.75, 3.05) is 0 Å². The van der Waals surface area contributed by atoms with Gasteiger partial charge in [0.25, 0.3) is 0 Å². The molecule has 0 nitrogen and oxygen atoms in total. The van der Waals surface area contributed by atoms with Crippen LogP contribution in [0, 0.1) is 63.6 Å². The molecule has 0 radical (unpaired) electrons. The number of rotatable bonds is 7. The van der Waals surface area contributed by atoms with Crippen molar-refractivity contribution in [2.45, 2.75) is 95.9 Å². The van der Waals surface area contributed by atoms with Crippen LogP contribution in [-0.4, -0.2) is 0 Å². The van der Waals surface area contributed by atoms with Crippen molar-refractivity contribution >= 4 is 0 Å². The van der Waals surface area contributed by atoms with Gasteiger partial charge in [-0.1, -0.05) is 95.9 Å². The molecular formula is C25H48. The highest BCUT2D eigenvalue weighted by atomic mass is 14.8. The van der Waals surface area contributed by atoms with E-state index in [1.807, 2.05) is 0 Å². The van der Waals surface area contributed by atoms with Crippen LogP contribution in [0.1, 0.15) is 95.9 Å². The van der Waals surface area contributed by atoms with Crippen LogP contribution >= 0.6 is 0 Å². The maximum absolute atomic E-state index is 2.60. The fraction of sp³-hybridized carbons (Fsp3) is 1.00. The van der Waals surface area contributed by atoms with Crippen LogP contribution < -0.4 is 0 Å². The topological polar surface area (TPSA) is 0 Å². The molecule has 0 aliphatic heterocycles. The highest BCUT2D eigenvalue weighted by Crippen LogP contribution is 2.84. The van der Waals surface area contributed by atoms with Gasteiger partial charge in [-0.15, -0.1) is 0 Å². The Morgan fingerprint density at radius 1 is 0.840 bits per heavy atom. The molecule has 2 fully saturated rings. The zero-order chi connectivity index (χ0) is 19.5. The van der Waals surface area contributed by atoms with E-state index in [0.717, 1.165) is 47.3 Å². The van der Waals surface area contributed by atoms with Gasteiger partial charge >= 0.3 is 0 Å². The Kier molecular flexibility index (Phi) is 5.59. The second-order valence-electron chi connectivity index (χ2n) is 11.5. The van der Waals surface area contributed by atoms with Crippen molar-refractivity contribution in [1.82, 2.24) is 0 Å². The van der Waals surface area contributed by atoms with Crippen molar-refractivity contribution in [3.8, 4) is 0 Å². The molecule has 148 valence electrons. The summed E-state index contributed by atoms with van der Waals surface area (Å²) in [5.74, 6) is 6.67. The summed E-state index contributed by atoms with van der Waals surface area (Å²) in [6.07, 6.45) is 2.70. The van der Waals surface area contributed by atoms with E-state index < -0.39 is 0 Å². The van der Waals surface area contributed by atoms with Gasteiger partial charge in [0, 0.05) is 0 Å². The largest absolute Gasteiger partial charge is 0.0654 e. The summed E-state index contributed by atoms with van der Waals surface area (Å²) < 4.78 is 0. The average molecular weight is 349 g/mol. The van der Waals surface area contributed by atoms with Gasteiger partial charge in [0.15, 0.2) is 0 Å². The summed E-state index contributed by atoms with van der Waals surface area (Å²) in [4.78, 5) is 0. The molecule has 2 rings (SSSR count). The Morgan fingerprint density at radius 3 is 1.68 bits per heavy atom. The fourth-order valence-corrected chi connectivity index (χ4v) is 8.04. The minimum absolute atomic E-state index is 0.414. The first kappa shape index (κ1) is 21.3. The van der Waals surface area contributed by atoms with E-state index in [-0.39, 0.29) is 0 Å². The highest BCUT2D eigenvalue weighted by molar-refractivity contribution is 5.26. The molecule has 0 spiro atoms. The van der Waals surface area contributed by atoms with E-state index in [9.17, 15) is 0 Å². The standard InChI is InChI=1S/C25H48/c1-13-14-15(2)16(3)17(4)18(5)23(9,10)22-19(6)24(11)21(8)25(24,12)20(22)7/h15-22H,13-14H2,1-12H3. The van der Waals surface area contributed by atoms with E-state index in [0.29, 0.717) is 16.2 Å². The van der Waals surface area contributed by atoms with Crippen molar-refractivity contribution < 1.29 is 0 Å². The summed E-state index contributed by atoms with van der Waals surface area (Å²) in [5, 5.41) is 0. The molecule has 0 saturated heterocycles. The Bertz CT molecular complexity index is 454. The Labute approximate surface area is 159 Å². The van der Waals surface area contributed by atoms with Gasteiger partial charge in [0.1, 0.15) is 0 Å². The molecule has 25 heavy (non-hydrogen) atoms. The molecule has 0 heteroatoms. The molecule has 0 N–H and O–H groups in total. The summed E-state index contributed by atoms with van der Waals surface area (Å²) in [6, 6.07) is 0. The first-order chi connectivity index (χ1) is 11.3. The molecule has 0 amide bonds. The third-order valence-electron chi connectivity index (χ3n) is 11.1. The predicted octanol–water partition coefficient (Wildman–Crippen LogP) is 7.92. The lowest BCUT2D eigenvalue weighted by molar-refractivity contribution is -0.00536. The number of hydrogen-bond acceptors (Lipinski definition) is 0. The molecule has 2 aliphatic rings. The van der Waals surface area contributed by atoms with Crippen molar-refractivity contribution in [3.63, 3.8) is 0 Å². The number of hydrogen-bond donors (Lipinski definition) is 0. The Balaban J connectivity index is 2.21. The van der Waals surface area contributed by atoms with Gasteiger partial charge in [-0.2, -0.15) is 0 Å². The highest BCUT2D eigenvalue weighted by Gasteiger charge is 2.79. The van der Waals surface area contributed by atoms with Crippen LogP contribution in [0.3, 0.4) is 0 Å². The molecule has 0 aromatic rings. The van der Waals surface area contributed by atoms with Gasteiger partial charge in [0.2, 0.25) is 0 Å². The molecule has 0 bridgehead atoms. The molecule has 8 unspecified atom stereocenters. The second-order valence-corrected chi connectivity index (χ2v) is 11.5. The fourth-order valence-electron chi connectivity index (χ4n) is 8.04. The van der Waals surface area contributed by atoms with Crippen LogP contribution in [0.2, 0.25) is 0 Å². The van der Waals surface area contributed by atoms with Gasteiger partial charge < -0.3 is 0 Å². The van der Waals surface area contributed by atoms with E-state index in [1.165, 1.54) is 12.8 Å². The SMILES string of the molecule is CCCC(C)C(C)C(C)C(C)C(C)(C)C1C(C)C2(C)C(C)C2(C)C1C. The molecule has 2 saturated carbocycles. The zero-order valence-corrected chi connectivity index (χ0v) is 19.5. The molecule has 0 aromatic heterocycles. The van der Waals surface area contributed by atoms with Crippen LogP contribution in [0.25, 0.3) is 0 Å². The monoisotopic (exact) mass is 348 g/mol. The smallest absolute Gasteiger partial charge is 0.0207 e. The maximum Gasteiger partial charge on any atom is -0.0207 e. The third kappa shape index (κ3) is 2.67. The van der Waals surface area contributed by atoms with Crippen molar-refractivity contribution in [3.05, 3.63) is 0 Å².